The molecule has 2 rings (SSSR count). The number of hydrogen-bond acceptors (Lipinski definition) is 2. The van der Waals surface area contributed by atoms with Gasteiger partial charge in [0, 0.05) is 10.5 Å². The summed E-state index contributed by atoms with van der Waals surface area (Å²) in [5, 5.41) is 0. The van der Waals surface area contributed by atoms with Gasteiger partial charge in [0.15, 0.2) is 0 Å². The Bertz CT molecular complexity index is 564. The van der Waals surface area contributed by atoms with Crippen LogP contribution in [0.25, 0.3) is 0 Å². The molecular weight excluding hydrogens is 288 g/mol. The molecule has 0 radical (unpaired) electrons. The van der Waals surface area contributed by atoms with Gasteiger partial charge in [-0.05, 0) is 41.7 Å². The van der Waals surface area contributed by atoms with Gasteiger partial charge in [0.1, 0.15) is 5.75 Å². The van der Waals surface area contributed by atoms with E-state index in [0.29, 0.717) is 4.75 Å². The van der Waals surface area contributed by atoms with Crippen LogP contribution in [0.5, 0.6) is 5.75 Å². The molecule has 0 N–H and O–H groups in total. The quantitative estimate of drug-likeness (QED) is 0.695. The molecule has 2 heteroatoms. The Morgan fingerprint density at radius 1 is 0.773 bits per heavy atom. The number of rotatable bonds is 6. The Kier molecular flexibility index (Phi) is 5.96. The third kappa shape index (κ3) is 5.76. The molecule has 2 aromatic carbocycles. The fourth-order valence-corrected chi connectivity index (χ4v) is 2.98. The van der Waals surface area contributed by atoms with Crippen LogP contribution in [0, 0.1) is 0 Å². The van der Waals surface area contributed by atoms with Crippen molar-refractivity contribution >= 4 is 11.8 Å². The van der Waals surface area contributed by atoms with E-state index in [1.165, 1.54) is 16.7 Å². The molecule has 0 aliphatic heterocycles. The second-order valence-corrected chi connectivity index (χ2v) is 8.37. The molecule has 0 heterocycles. The lowest BCUT2D eigenvalue weighted by atomic mass is 10.0. The van der Waals surface area contributed by atoms with E-state index in [-0.39, 0.29) is 0 Å². The van der Waals surface area contributed by atoms with Crippen molar-refractivity contribution < 1.29 is 4.74 Å². The predicted molar refractivity (Wildman–Crippen MR) is 97.9 cm³/mol. The summed E-state index contributed by atoms with van der Waals surface area (Å²) >= 11 is 1.99. The average Bonchev–Trinajstić information content (AvgIpc) is 2.52. The number of hydrogen-bond donors (Lipinski definition) is 0. The second-order valence-electron chi connectivity index (χ2n) is 6.57. The van der Waals surface area contributed by atoms with Crippen molar-refractivity contribution in [2.24, 2.45) is 0 Å². The maximum absolute atomic E-state index is 5.19. The van der Waals surface area contributed by atoms with Gasteiger partial charge in [-0.15, -0.1) is 0 Å². The zero-order valence-electron chi connectivity index (χ0n) is 14.1. The minimum atomic E-state index is 0.326. The van der Waals surface area contributed by atoms with E-state index in [9.17, 15) is 0 Å². The van der Waals surface area contributed by atoms with Crippen LogP contribution < -0.4 is 4.74 Å². The van der Waals surface area contributed by atoms with Crippen molar-refractivity contribution in [3.05, 3.63) is 65.2 Å². The van der Waals surface area contributed by atoms with Crippen LogP contribution in [0.1, 0.15) is 37.5 Å². The van der Waals surface area contributed by atoms with E-state index >= 15 is 0 Å². The first-order chi connectivity index (χ1) is 10.5. The largest absolute Gasteiger partial charge is 0.497 e. The Morgan fingerprint density at radius 3 is 1.68 bits per heavy atom. The standard InChI is InChI=1S/C20H26OS/c1-20(2,3)22-15-18-9-7-16(8-10-18)5-6-17-11-13-19(21-4)14-12-17/h7-14H,5-6,15H2,1-4H3. The van der Waals surface area contributed by atoms with Gasteiger partial charge in [0.25, 0.3) is 0 Å². The van der Waals surface area contributed by atoms with Gasteiger partial charge in [0.05, 0.1) is 7.11 Å². The van der Waals surface area contributed by atoms with Crippen molar-refractivity contribution in [3.63, 3.8) is 0 Å². The zero-order valence-corrected chi connectivity index (χ0v) is 14.9. The normalized spacial score (nSPS) is 11.5. The van der Waals surface area contributed by atoms with Gasteiger partial charge in [-0.2, -0.15) is 11.8 Å². The Hall–Kier alpha value is -1.41. The maximum Gasteiger partial charge on any atom is 0.118 e. The number of thioether (sulfide) groups is 1. The lowest BCUT2D eigenvalue weighted by Gasteiger charge is -2.17. The Morgan fingerprint density at radius 2 is 1.23 bits per heavy atom. The first kappa shape index (κ1) is 17.0. The molecule has 0 aromatic heterocycles. The number of aryl methyl sites for hydroxylation is 2. The van der Waals surface area contributed by atoms with Crippen LogP contribution >= 0.6 is 11.8 Å². The monoisotopic (exact) mass is 314 g/mol. The minimum absolute atomic E-state index is 0.326. The summed E-state index contributed by atoms with van der Waals surface area (Å²) in [5.41, 5.74) is 4.17. The average molecular weight is 314 g/mol. The first-order valence-electron chi connectivity index (χ1n) is 7.81. The van der Waals surface area contributed by atoms with Crippen LogP contribution in [0.2, 0.25) is 0 Å². The summed E-state index contributed by atoms with van der Waals surface area (Å²) in [4.78, 5) is 0. The highest BCUT2D eigenvalue weighted by Crippen LogP contribution is 2.27. The minimum Gasteiger partial charge on any atom is -0.497 e. The van der Waals surface area contributed by atoms with Crippen molar-refractivity contribution in [1.29, 1.82) is 0 Å². The van der Waals surface area contributed by atoms with Gasteiger partial charge in [-0.3, -0.25) is 0 Å². The Balaban J connectivity index is 1.85. The molecule has 1 nitrogen and oxygen atoms in total. The van der Waals surface area contributed by atoms with Gasteiger partial charge in [0.2, 0.25) is 0 Å². The lowest BCUT2D eigenvalue weighted by molar-refractivity contribution is 0.414. The highest BCUT2D eigenvalue weighted by Gasteiger charge is 2.10. The van der Waals surface area contributed by atoms with Crippen molar-refractivity contribution in [1.82, 2.24) is 0 Å². The van der Waals surface area contributed by atoms with E-state index in [2.05, 4.69) is 57.2 Å². The summed E-state index contributed by atoms with van der Waals surface area (Å²) < 4.78 is 5.52. The van der Waals surface area contributed by atoms with Crippen molar-refractivity contribution in [3.8, 4) is 5.75 Å². The molecule has 0 bridgehead atoms. The Labute approximate surface area is 139 Å². The van der Waals surface area contributed by atoms with Crippen LogP contribution in [0.3, 0.4) is 0 Å². The van der Waals surface area contributed by atoms with Crippen LogP contribution in [0.15, 0.2) is 48.5 Å². The second kappa shape index (κ2) is 7.73. The molecule has 0 fully saturated rings. The fourth-order valence-electron chi connectivity index (χ4n) is 2.18. The summed E-state index contributed by atoms with van der Waals surface area (Å²) in [7, 11) is 1.70. The van der Waals surface area contributed by atoms with E-state index in [4.69, 9.17) is 4.74 Å². The number of ether oxygens (including phenoxy) is 1. The fraction of sp³-hybridized carbons (Fsp3) is 0.400. The first-order valence-corrected chi connectivity index (χ1v) is 8.79. The molecule has 22 heavy (non-hydrogen) atoms. The zero-order chi connectivity index (χ0) is 16.0. The van der Waals surface area contributed by atoms with Gasteiger partial charge < -0.3 is 4.74 Å². The van der Waals surface area contributed by atoms with Crippen molar-refractivity contribution in [2.75, 3.05) is 7.11 Å². The molecule has 0 amide bonds. The SMILES string of the molecule is COc1ccc(CCc2ccc(CSC(C)(C)C)cc2)cc1. The third-order valence-corrected chi connectivity index (χ3v) is 4.90. The van der Waals surface area contributed by atoms with Gasteiger partial charge >= 0.3 is 0 Å². The summed E-state index contributed by atoms with van der Waals surface area (Å²) in [6.45, 7) is 6.79. The molecule has 118 valence electrons. The summed E-state index contributed by atoms with van der Waals surface area (Å²) in [6.07, 6.45) is 2.15. The highest BCUT2D eigenvalue weighted by molar-refractivity contribution is 7.99. The van der Waals surface area contributed by atoms with Gasteiger partial charge in [-0.1, -0.05) is 57.2 Å². The highest BCUT2D eigenvalue weighted by atomic mass is 32.2. The number of benzene rings is 2. The molecule has 0 aliphatic carbocycles. The summed E-state index contributed by atoms with van der Waals surface area (Å²) in [5.74, 6) is 2.01. The molecule has 0 unspecified atom stereocenters. The molecular formula is C20H26OS. The smallest absolute Gasteiger partial charge is 0.118 e. The lowest BCUT2D eigenvalue weighted by Crippen LogP contribution is -2.07. The maximum atomic E-state index is 5.19. The molecule has 0 saturated carbocycles. The molecule has 0 aliphatic rings. The predicted octanol–water partition coefficient (Wildman–Crippen LogP) is 5.51. The topological polar surface area (TPSA) is 9.23 Å². The van der Waals surface area contributed by atoms with E-state index in [1.54, 1.807) is 7.11 Å². The molecule has 2 aromatic rings. The van der Waals surface area contributed by atoms with E-state index < -0.39 is 0 Å². The van der Waals surface area contributed by atoms with Crippen molar-refractivity contribution in [2.45, 2.75) is 44.1 Å². The summed E-state index contributed by atoms with van der Waals surface area (Å²) in [6, 6.07) is 17.4. The molecule has 0 atom stereocenters. The van der Waals surface area contributed by atoms with Crippen LogP contribution in [-0.2, 0) is 18.6 Å². The number of methoxy groups -OCH3 is 1. The third-order valence-electron chi connectivity index (χ3n) is 3.56. The van der Waals surface area contributed by atoms with E-state index in [1.807, 2.05) is 23.9 Å². The van der Waals surface area contributed by atoms with Gasteiger partial charge in [-0.25, -0.2) is 0 Å². The molecule has 0 spiro atoms. The van der Waals surface area contributed by atoms with Crippen LogP contribution in [-0.4, -0.2) is 11.9 Å². The molecule has 0 saturated heterocycles. The van der Waals surface area contributed by atoms with E-state index in [0.717, 1.165) is 24.3 Å². The van der Waals surface area contributed by atoms with Crippen LogP contribution in [0.4, 0.5) is 0 Å².